The first-order chi connectivity index (χ1) is 10.1. The summed E-state index contributed by atoms with van der Waals surface area (Å²) in [6, 6.07) is 7.88. The Morgan fingerprint density at radius 1 is 1.19 bits per heavy atom. The summed E-state index contributed by atoms with van der Waals surface area (Å²) >= 11 is 4.99. The fourth-order valence-electron chi connectivity index (χ4n) is 3.33. The van der Waals surface area contributed by atoms with Gasteiger partial charge in [-0.1, -0.05) is 30.8 Å². The lowest BCUT2D eigenvalue weighted by Gasteiger charge is -2.44. The third-order valence-corrected chi connectivity index (χ3v) is 4.75. The monoisotopic (exact) mass is 303 g/mol. The van der Waals surface area contributed by atoms with Gasteiger partial charge in [-0.25, -0.2) is 0 Å². The summed E-state index contributed by atoms with van der Waals surface area (Å²) < 4.78 is 0. The minimum atomic E-state index is 0.0957. The molecule has 2 aliphatic rings. The topological polar surface area (TPSA) is 49.6 Å². The van der Waals surface area contributed by atoms with Crippen LogP contribution in [0.2, 0.25) is 0 Å². The fourth-order valence-corrected chi connectivity index (χ4v) is 3.46. The zero-order valence-electron chi connectivity index (χ0n) is 12.1. The van der Waals surface area contributed by atoms with Crippen molar-refractivity contribution in [1.29, 1.82) is 0 Å². The highest BCUT2D eigenvalue weighted by Crippen LogP contribution is 2.22. The van der Waals surface area contributed by atoms with Crippen LogP contribution < -0.4 is 5.73 Å². The number of carbonyl (C=O) groups excluding carboxylic acids is 1. The van der Waals surface area contributed by atoms with Crippen molar-refractivity contribution in [2.45, 2.75) is 25.3 Å². The first kappa shape index (κ1) is 14.5. The zero-order valence-corrected chi connectivity index (χ0v) is 12.9. The first-order valence-corrected chi connectivity index (χ1v) is 7.99. The van der Waals surface area contributed by atoms with Crippen molar-refractivity contribution in [2.75, 3.05) is 26.2 Å². The van der Waals surface area contributed by atoms with Crippen LogP contribution in [0.25, 0.3) is 0 Å². The van der Waals surface area contributed by atoms with Crippen LogP contribution in [0.15, 0.2) is 24.3 Å². The van der Waals surface area contributed by atoms with Crippen molar-refractivity contribution in [3.8, 4) is 0 Å². The van der Waals surface area contributed by atoms with Gasteiger partial charge in [-0.05, 0) is 31.5 Å². The summed E-state index contributed by atoms with van der Waals surface area (Å²) in [6.45, 7) is 3.83. The number of piperazine rings is 1. The van der Waals surface area contributed by atoms with Crippen LogP contribution >= 0.6 is 12.2 Å². The van der Waals surface area contributed by atoms with Gasteiger partial charge < -0.3 is 10.6 Å². The largest absolute Gasteiger partial charge is 0.389 e. The second kappa shape index (κ2) is 6.12. The molecule has 0 radical (unpaired) electrons. The Hall–Kier alpha value is -1.46. The highest BCUT2D eigenvalue weighted by Gasteiger charge is 2.31. The van der Waals surface area contributed by atoms with Crippen LogP contribution in [0.3, 0.4) is 0 Å². The van der Waals surface area contributed by atoms with Crippen molar-refractivity contribution < 1.29 is 4.79 Å². The molecule has 1 atom stereocenters. The van der Waals surface area contributed by atoms with Gasteiger partial charge in [0.15, 0.2) is 0 Å². The second-order valence-electron chi connectivity index (χ2n) is 5.88. The molecule has 4 nitrogen and oxygen atoms in total. The summed E-state index contributed by atoms with van der Waals surface area (Å²) in [5.74, 6) is 0.0957. The SMILES string of the molecule is NC(=S)c1cccc(C(=O)N2CCN3CCCCC3C2)c1. The Balaban J connectivity index is 1.73. The van der Waals surface area contributed by atoms with Crippen LogP contribution in [0.1, 0.15) is 35.2 Å². The molecule has 0 bridgehead atoms. The average Bonchev–Trinajstić information content (AvgIpc) is 2.53. The van der Waals surface area contributed by atoms with Gasteiger partial charge in [0.05, 0.1) is 0 Å². The minimum Gasteiger partial charge on any atom is -0.389 e. The van der Waals surface area contributed by atoms with E-state index in [0.29, 0.717) is 16.6 Å². The molecule has 1 aromatic rings. The molecule has 5 heteroatoms. The molecule has 0 spiro atoms. The van der Waals surface area contributed by atoms with Gasteiger partial charge in [-0.15, -0.1) is 0 Å². The fraction of sp³-hybridized carbons (Fsp3) is 0.500. The smallest absolute Gasteiger partial charge is 0.253 e. The maximum atomic E-state index is 12.7. The van der Waals surface area contributed by atoms with E-state index in [1.165, 1.54) is 25.8 Å². The molecular formula is C16H21N3OS. The van der Waals surface area contributed by atoms with Crippen LogP contribution in [0.5, 0.6) is 0 Å². The Kier molecular flexibility index (Phi) is 4.22. The number of fused-ring (bicyclic) bond motifs is 1. The zero-order chi connectivity index (χ0) is 14.8. The van der Waals surface area contributed by atoms with Gasteiger partial charge in [0.25, 0.3) is 5.91 Å². The van der Waals surface area contributed by atoms with Gasteiger partial charge in [0, 0.05) is 36.8 Å². The lowest BCUT2D eigenvalue weighted by Crippen LogP contribution is -2.56. The van der Waals surface area contributed by atoms with Crippen molar-refractivity contribution in [3.05, 3.63) is 35.4 Å². The number of hydrogen-bond donors (Lipinski definition) is 1. The molecule has 0 aliphatic carbocycles. The van der Waals surface area contributed by atoms with Crippen LogP contribution in [-0.4, -0.2) is 52.9 Å². The van der Waals surface area contributed by atoms with Gasteiger partial charge >= 0.3 is 0 Å². The van der Waals surface area contributed by atoms with E-state index in [1.807, 2.05) is 23.1 Å². The molecule has 21 heavy (non-hydrogen) atoms. The summed E-state index contributed by atoms with van der Waals surface area (Å²) in [5.41, 5.74) is 7.09. The molecule has 112 valence electrons. The average molecular weight is 303 g/mol. The van der Waals surface area contributed by atoms with E-state index < -0.39 is 0 Å². The van der Waals surface area contributed by atoms with Gasteiger partial charge in [0.1, 0.15) is 4.99 Å². The predicted molar refractivity (Wildman–Crippen MR) is 87.4 cm³/mol. The quantitative estimate of drug-likeness (QED) is 0.844. The maximum absolute atomic E-state index is 12.7. The molecule has 2 fully saturated rings. The van der Waals surface area contributed by atoms with E-state index >= 15 is 0 Å². The number of thiocarbonyl (C=S) groups is 1. The first-order valence-electron chi connectivity index (χ1n) is 7.58. The number of carbonyl (C=O) groups is 1. The molecule has 2 aliphatic heterocycles. The van der Waals surface area contributed by atoms with E-state index in [4.69, 9.17) is 18.0 Å². The van der Waals surface area contributed by atoms with Crippen LogP contribution in [0, 0.1) is 0 Å². The van der Waals surface area contributed by atoms with Crippen LogP contribution in [0.4, 0.5) is 0 Å². The van der Waals surface area contributed by atoms with Gasteiger partial charge in [0.2, 0.25) is 0 Å². The van der Waals surface area contributed by atoms with E-state index in [-0.39, 0.29) is 5.91 Å². The molecule has 2 saturated heterocycles. The Bertz CT molecular complexity index is 560. The Morgan fingerprint density at radius 3 is 2.81 bits per heavy atom. The van der Waals surface area contributed by atoms with Crippen molar-refractivity contribution in [2.24, 2.45) is 5.73 Å². The third kappa shape index (κ3) is 3.09. The van der Waals surface area contributed by atoms with Crippen LogP contribution in [-0.2, 0) is 0 Å². The summed E-state index contributed by atoms with van der Waals surface area (Å²) in [6.07, 6.45) is 3.78. The van der Waals surface area contributed by atoms with Crippen molar-refractivity contribution in [1.82, 2.24) is 9.80 Å². The third-order valence-electron chi connectivity index (χ3n) is 4.52. The minimum absolute atomic E-state index is 0.0957. The molecule has 3 rings (SSSR count). The Morgan fingerprint density at radius 2 is 2.00 bits per heavy atom. The van der Waals surface area contributed by atoms with E-state index in [2.05, 4.69) is 4.90 Å². The number of benzene rings is 1. The number of nitrogens with two attached hydrogens (primary N) is 1. The summed E-state index contributed by atoms with van der Waals surface area (Å²) in [4.78, 5) is 17.5. The highest BCUT2D eigenvalue weighted by atomic mass is 32.1. The number of amides is 1. The number of piperidine rings is 1. The molecule has 1 unspecified atom stereocenters. The lowest BCUT2D eigenvalue weighted by atomic mass is 9.99. The normalized spacial score (nSPS) is 22.7. The molecule has 0 aromatic heterocycles. The summed E-state index contributed by atoms with van der Waals surface area (Å²) in [7, 11) is 0. The summed E-state index contributed by atoms with van der Waals surface area (Å²) in [5, 5.41) is 0. The standard InChI is InChI=1S/C16H21N3OS/c17-15(21)12-4-3-5-13(10-12)16(20)19-9-8-18-7-2-1-6-14(18)11-19/h3-5,10,14H,1-2,6-9,11H2,(H2,17,21). The second-order valence-corrected chi connectivity index (χ2v) is 6.32. The predicted octanol–water partition coefficient (Wildman–Crippen LogP) is 1.63. The molecule has 2 N–H and O–H groups in total. The number of nitrogens with zero attached hydrogens (tertiary/aromatic N) is 2. The van der Waals surface area contributed by atoms with Gasteiger partial charge in [-0.2, -0.15) is 0 Å². The highest BCUT2D eigenvalue weighted by molar-refractivity contribution is 7.80. The van der Waals surface area contributed by atoms with Crippen molar-refractivity contribution >= 4 is 23.1 Å². The molecule has 1 aromatic carbocycles. The van der Waals surface area contributed by atoms with E-state index in [1.54, 1.807) is 6.07 Å². The van der Waals surface area contributed by atoms with Gasteiger partial charge in [-0.3, -0.25) is 9.69 Å². The van der Waals surface area contributed by atoms with E-state index in [9.17, 15) is 4.79 Å². The molecule has 2 heterocycles. The lowest BCUT2D eigenvalue weighted by molar-refractivity contribution is 0.0372. The Labute approximate surface area is 130 Å². The maximum Gasteiger partial charge on any atom is 0.253 e. The molecule has 1 amide bonds. The molecular weight excluding hydrogens is 282 g/mol. The number of rotatable bonds is 2. The molecule has 0 saturated carbocycles. The van der Waals surface area contributed by atoms with E-state index in [0.717, 1.165) is 25.2 Å². The number of hydrogen-bond acceptors (Lipinski definition) is 3. The van der Waals surface area contributed by atoms with Crippen molar-refractivity contribution in [3.63, 3.8) is 0 Å².